The Kier molecular flexibility index (Phi) is 4.54. The van der Waals surface area contributed by atoms with Gasteiger partial charge in [0.2, 0.25) is 0 Å². The van der Waals surface area contributed by atoms with E-state index < -0.39 is 0 Å². The second-order valence-corrected chi connectivity index (χ2v) is 12.1. The summed E-state index contributed by atoms with van der Waals surface area (Å²) >= 11 is 3.15. The lowest BCUT2D eigenvalue weighted by Crippen LogP contribution is -2.50. The summed E-state index contributed by atoms with van der Waals surface area (Å²) in [4.78, 5) is 33.8. The number of nitrogens with zero attached hydrogens (tertiary/aromatic N) is 2. The van der Waals surface area contributed by atoms with E-state index in [-0.39, 0.29) is 11.0 Å². The van der Waals surface area contributed by atoms with Crippen LogP contribution in [-0.2, 0) is 24.2 Å². The molecule has 4 fully saturated rings. The van der Waals surface area contributed by atoms with Gasteiger partial charge in [-0.1, -0.05) is 17.8 Å². The zero-order valence-electron chi connectivity index (χ0n) is 17.3. The van der Waals surface area contributed by atoms with Crippen LogP contribution in [0.5, 0.6) is 0 Å². The van der Waals surface area contributed by atoms with Crippen LogP contribution in [0.15, 0.2) is 22.6 Å². The lowest BCUT2D eigenvalue weighted by molar-refractivity contribution is -0.141. The highest BCUT2D eigenvalue weighted by Gasteiger charge is 2.54. The Morgan fingerprint density at radius 3 is 2.57 bits per heavy atom. The van der Waals surface area contributed by atoms with E-state index in [1.54, 1.807) is 22.0 Å². The first-order valence-electron chi connectivity index (χ1n) is 11.4. The molecule has 5 aliphatic rings. The van der Waals surface area contributed by atoms with Crippen molar-refractivity contribution in [2.45, 2.75) is 69.5 Å². The molecule has 6 heteroatoms. The average Bonchev–Trinajstić information content (AvgIpc) is 3.28. The first kappa shape index (κ1) is 19.3. The van der Waals surface area contributed by atoms with E-state index in [0.29, 0.717) is 23.2 Å². The van der Waals surface area contributed by atoms with Crippen LogP contribution in [0.2, 0.25) is 0 Å². The molecule has 0 N–H and O–H groups in total. The maximum absolute atomic E-state index is 13.4. The lowest BCUT2D eigenvalue weighted by atomic mass is 9.48. The highest BCUT2D eigenvalue weighted by atomic mass is 32.2. The molecular formula is C24H28N2O2S2. The van der Waals surface area contributed by atoms with Crippen molar-refractivity contribution in [1.82, 2.24) is 9.55 Å². The number of Topliss-reactive ketones (excluding diaryl/α,β-unsaturated/α-hetero) is 1. The molecule has 0 saturated heterocycles. The van der Waals surface area contributed by atoms with Gasteiger partial charge in [-0.3, -0.25) is 14.2 Å². The van der Waals surface area contributed by atoms with Crippen molar-refractivity contribution in [1.29, 1.82) is 0 Å². The van der Waals surface area contributed by atoms with Gasteiger partial charge < -0.3 is 0 Å². The molecule has 0 aliphatic heterocycles. The monoisotopic (exact) mass is 440 g/mol. The maximum atomic E-state index is 13.4. The summed E-state index contributed by atoms with van der Waals surface area (Å²) in [5.41, 5.74) is 1.18. The minimum Gasteiger partial charge on any atom is -0.298 e. The van der Waals surface area contributed by atoms with Crippen molar-refractivity contribution in [3.8, 4) is 0 Å². The number of ketones is 1. The molecule has 158 valence electrons. The van der Waals surface area contributed by atoms with Gasteiger partial charge in [0.1, 0.15) is 10.6 Å². The Bertz CT molecular complexity index is 1080. The van der Waals surface area contributed by atoms with Crippen LogP contribution < -0.4 is 5.56 Å². The third-order valence-electron chi connectivity index (χ3n) is 8.06. The summed E-state index contributed by atoms with van der Waals surface area (Å²) in [7, 11) is 0. The first-order valence-corrected chi connectivity index (χ1v) is 13.2. The number of aromatic nitrogens is 2. The summed E-state index contributed by atoms with van der Waals surface area (Å²) in [6.45, 7) is 4.28. The Morgan fingerprint density at radius 2 is 1.90 bits per heavy atom. The molecule has 30 heavy (non-hydrogen) atoms. The predicted molar refractivity (Wildman–Crippen MR) is 122 cm³/mol. The number of rotatable bonds is 6. The number of thiophene rings is 1. The Balaban J connectivity index is 1.30. The van der Waals surface area contributed by atoms with Crippen LogP contribution in [0.4, 0.5) is 0 Å². The molecule has 5 aliphatic carbocycles. The zero-order chi connectivity index (χ0) is 20.5. The second-order valence-electron chi connectivity index (χ2n) is 10.0. The maximum Gasteiger partial charge on any atom is 0.263 e. The fourth-order valence-corrected chi connectivity index (χ4v) is 9.54. The minimum absolute atomic E-state index is 0.0454. The van der Waals surface area contributed by atoms with E-state index in [1.165, 1.54) is 41.5 Å². The number of aryl methyl sites for hydroxylation is 2. The first-order chi connectivity index (χ1) is 14.6. The Hall–Kier alpha value is -1.40. The largest absolute Gasteiger partial charge is 0.298 e. The predicted octanol–water partition coefficient (Wildman–Crippen LogP) is 5.01. The van der Waals surface area contributed by atoms with E-state index in [0.717, 1.165) is 66.5 Å². The summed E-state index contributed by atoms with van der Waals surface area (Å²) in [6.07, 6.45) is 12.3. The highest BCUT2D eigenvalue weighted by molar-refractivity contribution is 7.99. The number of hydrogen-bond acceptors (Lipinski definition) is 5. The van der Waals surface area contributed by atoms with Gasteiger partial charge in [-0.05, 0) is 81.1 Å². The molecular weight excluding hydrogens is 412 g/mol. The van der Waals surface area contributed by atoms with Crippen molar-refractivity contribution in [3.05, 3.63) is 33.4 Å². The molecule has 2 heterocycles. The SMILES string of the molecule is C=CCn1c(SCC(=O)C23CC4CC(CC(C4)C2)C3)nc2sc3c(c2c1=O)CCC3. The van der Waals surface area contributed by atoms with E-state index in [1.807, 2.05) is 0 Å². The van der Waals surface area contributed by atoms with Crippen LogP contribution in [0.3, 0.4) is 0 Å². The van der Waals surface area contributed by atoms with Gasteiger partial charge >= 0.3 is 0 Å². The lowest BCUT2D eigenvalue weighted by Gasteiger charge is -2.56. The molecule has 4 nitrogen and oxygen atoms in total. The van der Waals surface area contributed by atoms with Gasteiger partial charge in [0.15, 0.2) is 5.16 Å². The standard InChI is InChI=1S/C24H28N2O2S2/c1-2-6-26-22(28)20-17-4-3-5-18(17)30-21(20)25-23(26)29-13-19(27)24-10-14-7-15(11-24)9-16(8-14)12-24/h2,14-16H,1,3-13H2. The summed E-state index contributed by atoms with van der Waals surface area (Å²) in [6, 6.07) is 0. The van der Waals surface area contributed by atoms with Gasteiger partial charge in [-0.2, -0.15) is 0 Å². The molecule has 2 aromatic rings. The number of hydrogen-bond donors (Lipinski definition) is 0. The van der Waals surface area contributed by atoms with E-state index in [9.17, 15) is 9.59 Å². The van der Waals surface area contributed by atoms with Crippen LogP contribution >= 0.6 is 23.1 Å². The van der Waals surface area contributed by atoms with Crippen molar-refractivity contribution in [2.24, 2.45) is 23.2 Å². The van der Waals surface area contributed by atoms with Crippen LogP contribution in [0.25, 0.3) is 10.2 Å². The number of carbonyl (C=O) groups is 1. The van der Waals surface area contributed by atoms with Crippen molar-refractivity contribution < 1.29 is 4.79 Å². The fraction of sp³-hybridized carbons (Fsp3) is 0.625. The van der Waals surface area contributed by atoms with Crippen LogP contribution in [0, 0.1) is 23.2 Å². The van der Waals surface area contributed by atoms with E-state index >= 15 is 0 Å². The summed E-state index contributed by atoms with van der Waals surface area (Å²) in [5.74, 6) is 3.15. The molecule has 0 unspecified atom stereocenters. The number of thioether (sulfide) groups is 1. The molecule has 4 saturated carbocycles. The van der Waals surface area contributed by atoms with Crippen LogP contribution in [0.1, 0.15) is 55.4 Å². The van der Waals surface area contributed by atoms with Gasteiger partial charge in [0, 0.05) is 16.8 Å². The summed E-state index contributed by atoms with van der Waals surface area (Å²) in [5, 5.41) is 1.50. The summed E-state index contributed by atoms with van der Waals surface area (Å²) < 4.78 is 1.73. The Morgan fingerprint density at radius 1 is 1.20 bits per heavy atom. The molecule has 0 atom stereocenters. The fourth-order valence-electron chi connectivity index (χ4n) is 7.19. The molecule has 0 aromatic carbocycles. The van der Waals surface area contributed by atoms with E-state index in [2.05, 4.69) is 6.58 Å². The molecule has 2 aromatic heterocycles. The molecule has 0 radical (unpaired) electrons. The normalized spacial score (nSPS) is 31.4. The van der Waals surface area contributed by atoms with Gasteiger partial charge in [-0.25, -0.2) is 4.98 Å². The number of allylic oxidation sites excluding steroid dienone is 1. The third kappa shape index (κ3) is 2.89. The van der Waals surface area contributed by atoms with Crippen LogP contribution in [-0.4, -0.2) is 21.1 Å². The molecule has 4 bridgehead atoms. The van der Waals surface area contributed by atoms with Crippen molar-refractivity contribution >= 4 is 39.1 Å². The Labute approximate surface area is 185 Å². The molecule has 0 amide bonds. The van der Waals surface area contributed by atoms with Gasteiger partial charge in [0.25, 0.3) is 5.56 Å². The van der Waals surface area contributed by atoms with Crippen molar-refractivity contribution in [3.63, 3.8) is 0 Å². The van der Waals surface area contributed by atoms with Crippen molar-refractivity contribution in [2.75, 3.05) is 5.75 Å². The average molecular weight is 441 g/mol. The van der Waals surface area contributed by atoms with Gasteiger partial charge in [-0.15, -0.1) is 17.9 Å². The zero-order valence-corrected chi connectivity index (χ0v) is 19.0. The number of carbonyl (C=O) groups excluding carboxylic acids is 1. The second kappa shape index (κ2) is 7.06. The van der Waals surface area contributed by atoms with E-state index in [4.69, 9.17) is 4.98 Å². The topological polar surface area (TPSA) is 52.0 Å². The quantitative estimate of drug-likeness (QED) is 0.360. The number of fused-ring (bicyclic) bond motifs is 3. The molecule has 0 spiro atoms. The van der Waals surface area contributed by atoms with Gasteiger partial charge in [0.05, 0.1) is 11.1 Å². The molecule has 7 rings (SSSR count). The smallest absolute Gasteiger partial charge is 0.263 e. The minimum atomic E-state index is -0.0838. The highest BCUT2D eigenvalue weighted by Crippen LogP contribution is 2.60. The third-order valence-corrected chi connectivity index (χ3v) is 10.2.